The second-order valence-electron chi connectivity index (χ2n) is 4.39. The average molecular weight is 213 g/mol. The molecule has 84 valence electrons. The molecule has 0 bridgehead atoms. The van der Waals surface area contributed by atoms with Gasteiger partial charge < -0.3 is 0 Å². The highest BCUT2D eigenvalue weighted by Gasteiger charge is 2.06. The van der Waals surface area contributed by atoms with Crippen LogP contribution in [-0.4, -0.2) is 12.3 Å². The number of aliphatic imine (C=N–C) groups is 1. The van der Waals surface area contributed by atoms with E-state index < -0.39 is 0 Å². The molecule has 0 amide bonds. The molecule has 0 unspecified atom stereocenters. The summed E-state index contributed by atoms with van der Waals surface area (Å²) in [6.45, 7) is 4.63. The van der Waals surface area contributed by atoms with Crippen molar-refractivity contribution in [1.29, 1.82) is 0 Å². The van der Waals surface area contributed by atoms with E-state index in [1.165, 1.54) is 37.7 Å². The number of rotatable bonds is 5. The van der Waals surface area contributed by atoms with Crippen LogP contribution in [0.25, 0.3) is 0 Å². The Bertz CT molecular complexity index is 380. The molecular weight excluding hydrogens is 194 g/mol. The molecule has 1 aliphatic carbocycles. The van der Waals surface area contributed by atoms with Gasteiger partial charge in [-0.2, -0.15) is 0 Å². The summed E-state index contributed by atoms with van der Waals surface area (Å²) in [6.07, 6.45) is 16.9. The lowest BCUT2D eigenvalue weighted by molar-refractivity contribution is 0.757. The topological polar surface area (TPSA) is 12.4 Å². The minimum Gasteiger partial charge on any atom is -0.281 e. The molecule has 1 heteroatoms. The number of nitrogens with zero attached hydrogens (tertiary/aromatic N) is 1. The van der Waals surface area contributed by atoms with Crippen LogP contribution < -0.4 is 0 Å². The fourth-order valence-electron chi connectivity index (χ4n) is 2.17. The number of hydrogen-bond donors (Lipinski definition) is 0. The smallest absolute Gasteiger partial charge is 0.0610 e. The molecular formula is C15H19N. The van der Waals surface area contributed by atoms with E-state index in [2.05, 4.69) is 35.9 Å². The van der Waals surface area contributed by atoms with E-state index in [0.717, 1.165) is 12.3 Å². The SMILES string of the molecule is C=CC1=NCC(CCCC2=CC=CCC2)=C1. The van der Waals surface area contributed by atoms with E-state index in [-0.39, 0.29) is 0 Å². The third kappa shape index (κ3) is 3.06. The summed E-state index contributed by atoms with van der Waals surface area (Å²) in [5, 5.41) is 0. The van der Waals surface area contributed by atoms with Crippen molar-refractivity contribution >= 4 is 5.71 Å². The molecule has 1 heterocycles. The van der Waals surface area contributed by atoms with Crippen LogP contribution in [0.2, 0.25) is 0 Å². The van der Waals surface area contributed by atoms with E-state index in [1.807, 2.05) is 6.08 Å². The predicted octanol–water partition coefficient (Wildman–Crippen LogP) is 4.00. The molecule has 0 aromatic heterocycles. The third-order valence-electron chi connectivity index (χ3n) is 3.12. The largest absolute Gasteiger partial charge is 0.281 e. The Labute approximate surface area is 98.0 Å². The third-order valence-corrected chi connectivity index (χ3v) is 3.12. The molecule has 0 fully saturated rings. The Kier molecular flexibility index (Phi) is 3.92. The van der Waals surface area contributed by atoms with E-state index in [1.54, 1.807) is 5.57 Å². The highest BCUT2D eigenvalue weighted by Crippen LogP contribution is 2.20. The summed E-state index contributed by atoms with van der Waals surface area (Å²) in [4.78, 5) is 4.38. The monoisotopic (exact) mass is 213 g/mol. The maximum atomic E-state index is 4.38. The highest BCUT2D eigenvalue weighted by atomic mass is 14.7. The Morgan fingerprint density at radius 3 is 2.88 bits per heavy atom. The Morgan fingerprint density at radius 2 is 2.19 bits per heavy atom. The van der Waals surface area contributed by atoms with Crippen molar-refractivity contribution in [3.63, 3.8) is 0 Å². The van der Waals surface area contributed by atoms with Crippen LogP contribution in [-0.2, 0) is 0 Å². The van der Waals surface area contributed by atoms with E-state index in [0.29, 0.717) is 0 Å². The number of hydrogen-bond acceptors (Lipinski definition) is 1. The van der Waals surface area contributed by atoms with Crippen LogP contribution in [0.3, 0.4) is 0 Å². The maximum absolute atomic E-state index is 4.38. The van der Waals surface area contributed by atoms with Crippen LogP contribution >= 0.6 is 0 Å². The van der Waals surface area contributed by atoms with Gasteiger partial charge in [-0.05, 0) is 49.8 Å². The van der Waals surface area contributed by atoms with E-state index >= 15 is 0 Å². The molecule has 2 rings (SSSR count). The van der Waals surface area contributed by atoms with Crippen molar-refractivity contribution in [2.75, 3.05) is 6.54 Å². The lowest BCUT2D eigenvalue weighted by Crippen LogP contribution is -1.90. The Morgan fingerprint density at radius 1 is 1.31 bits per heavy atom. The first-order valence-electron chi connectivity index (χ1n) is 6.09. The van der Waals surface area contributed by atoms with Crippen molar-refractivity contribution in [1.82, 2.24) is 0 Å². The van der Waals surface area contributed by atoms with Gasteiger partial charge in [-0.25, -0.2) is 0 Å². The summed E-state index contributed by atoms with van der Waals surface area (Å²) in [5.74, 6) is 0. The first kappa shape index (κ1) is 11.1. The van der Waals surface area contributed by atoms with Gasteiger partial charge in [0.2, 0.25) is 0 Å². The second-order valence-corrected chi connectivity index (χ2v) is 4.39. The van der Waals surface area contributed by atoms with Crippen LogP contribution in [0.4, 0.5) is 0 Å². The fraction of sp³-hybridized carbons (Fsp3) is 0.400. The molecule has 1 nitrogen and oxygen atoms in total. The minimum atomic E-state index is 0.889. The van der Waals surface area contributed by atoms with Gasteiger partial charge in [-0.1, -0.05) is 30.4 Å². The van der Waals surface area contributed by atoms with Gasteiger partial charge in [-0.15, -0.1) is 0 Å². The second kappa shape index (κ2) is 5.64. The minimum absolute atomic E-state index is 0.889. The van der Waals surface area contributed by atoms with Gasteiger partial charge in [-0.3, -0.25) is 4.99 Å². The molecule has 16 heavy (non-hydrogen) atoms. The molecule has 0 aromatic carbocycles. The molecule has 0 aromatic rings. The first-order valence-corrected chi connectivity index (χ1v) is 6.09. The Hall–Kier alpha value is -1.37. The predicted molar refractivity (Wildman–Crippen MR) is 70.9 cm³/mol. The highest BCUT2D eigenvalue weighted by molar-refractivity contribution is 6.05. The number of allylic oxidation sites excluding steroid dienone is 6. The van der Waals surface area contributed by atoms with Crippen molar-refractivity contribution in [3.05, 3.63) is 48.1 Å². The molecule has 1 aliphatic heterocycles. The van der Waals surface area contributed by atoms with Crippen LogP contribution in [0.1, 0.15) is 32.1 Å². The molecule has 2 aliphatic rings. The van der Waals surface area contributed by atoms with Crippen LogP contribution in [0.15, 0.2) is 53.1 Å². The van der Waals surface area contributed by atoms with Gasteiger partial charge >= 0.3 is 0 Å². The summed E-state index contributed by atoms with van der Waals surface area (Å²) < 4.78 is 0. The van der Waals surface area contributed by atoms with Crippen molar-refractivity contribution in [2.24, 2.45) is 4.99 Å². The van der Waals surface area contributed by atoms with Gasteiger partial charge in [0, 0.05) is 0 Å². The fourth-order valence-corrected chi connectivity index (χ4v) is 2.17. The van der Waals surface area contributed by atoms with Crippen molar-refractivity contribution < 1.29 is 0 Å². The molecule has 0 saturated heterocycles. The van der Waals surface area contributed by atoms with Crippen molar-refractivity contribution in [3.8, 4) is 0 Å². The maximum Gasteiger partial charge on any atom is 0.0610 e. The van der Waals surface area contributed by atoms with E-state index in [9.17, 15) is 0 Å². The lowest BCUT2D eigenvalue weighted by atomic mass is 9.98. The quantitative estimate of drug-likeness (QED) is 0.654. The van der Waals surface area contributed by atoms with E-state index in [4.69, 9.17) is 0 Å². The standard InChI is InChI=1S/C15H19N/c1-2-15-11-14(12-16-15)10-6-9-13-7-4-3-5-8-13/h2-4,7,11H,1,5-6,8-10,12H2. The zero-order valence-electron chi connectivity index (χ0n) is 9.78. The molecule has 0 N–H and O–H groups in total. The first-order chi connectivity index (χ1) is 7.88. The average Bonchev–Trinajstić information content (AvgIpc) is 2.78. The van der Waals surface area contributed by atoms with Gasteiger partial charge in [0.15, 0.2) is 0 Å². The summed E-state index contributed by atoms with van der Waals surface area (Å²) in [6, 6.07) is 0. The molecule has 0 spiro atoms. The summed E-state index contributed by atoms with van der Waals surface area (Å²) in [7, 11) is 0. The normalized spacial score (nSPS) is 19.1. The Balaban J connectivity index is 1.71. The van der Waals surface area contributed by atoms with Gasteiger partial charge in [0.1, 0.15) is 0 Å². The molecule has 0 saturated carbocycles. The van der Waals surface area contributed by atoms with Crippen LogP contribution in [0, 0.1) is 0 Å². The van der Waals surface area contributed by atoms with Crippen molar-refractivity contribution in [2.45, 2.75) is 32.1 Å². The van der Waals surface area contributed by atoms with Crippen LogP contribution in [0.5, 0.6) is 0 Å². The van der Waals surface area contributed by atoms with Gasteiger partial charge in [0.25, 0.3) is 0 Å². The summed E-state index contributed by atoms with van der Waals surface area (Å²) >= 11 is 0. The summed E-state index contributed by atoms with van der Waals surface area (Å²) in [5.41, 5.74) is 4.11. The molecule has 0 atom stereocenters. The molecule has 0 radical (unpaired) electrons. The zero-order chi connectivity index (χ0) is 11.2. The van der Waals surface area contributed by atoms with Gasteiger partial charge in [0.05, 0.1) is 12.3 Å². The lowest BCUT2D eigenvalue weighted by Gasteiger charge is -2.08. The zero-order valence-corrected chi connectivity index (χ0v) is 9.78.